The van der Waals surface area contributed by atoms with Gasteiger partial charge in [0.1, 0.15) is 0 Å². The number of hydrogen-bond acceptors (Lipinski definition) is 3. The van der Waals surface area contributed by atoms with Crippen LogP contribution in [0.25, 0.3) is 0 Å². The van der Waals surface area contributed by atoms with Crippen LogP contribution in [-0.2, 0) is 9.53 Å². The molecule has 4 nitrogen and oxygen atoms in total. The highest BCUT2D eigenvalue weighted by molar-refractivity contribution is 5.85. The Labute approximate surface area is 103 Å². The van der Waals surface area contributed by atoms with Crippen LogP contribution in [0.5, 0.6) is 0 Å². The van der Waals surface area contributed by atoms with E-state index in [1.165, 1.54) is 0 Å². The number of ether oxygens (including phenoxy) is 1. The van der Waals surface area contributed by atoms with Crippen LogP contribution >= 0.6 is 12.4 Å². The first-order chi connectivity index (χ1) is 7.18. The molecule has 2 N–H and O–H groups in total. The van der Waals surface area contributed by atoms with Gasteiger partial charge in [-0.1, -0.05) is 0 Å². The summed E-state index contributed by atoms with van der Waals surface area (Å²) in [5.74, 6) is 0.702. The van der Waals surface area contributed by atoms with E-state index in [0.29, 0.717) is 18.9 Å². The molecule has 0 aromatic carbocycles. The summed E-state index contributed by atoms with van der Waals surface area (Å²) in [5.41, 5.74) is -0.122. The van der Waals surface area contributed by atoms with Gasteiger partial charge in [0.05, 0.1) is 12.1 Å². The molecular weight excluding hydrogens is 228 g/mol. The average molecular weight is 249 g/mol. The van der Waals surface area contributed by atoms with Crippen molar-refractivity contribution < 1.29 is 9.53 Å². The molecule has 2 saturated heterocycles. The minimum atomic E-state index is -0.122. The van der Waals surface area contributed by atoms with Crippen molar-refractivity contribution in [2.75, 3.05) is 26.3 Å². The summed E-state index contributed by atoms with van der Waals surface area (Å²) in [6.07, 6.45) is 2.71. The molecule has 0 spiro atoms. The van der Waals surface area contributed by atoms with E-state index in [2.05, 4.69) is 17.6 Å². The van der Waals surface area contributed by atoms with E-state index in [9.17, 15) is 4.79 Å². The second kappa shape index (κ2) is 5.84. The van der Waals surface area contributed by atoms with Crippen molar-refractivity contribution in [1.82, 2.24) is 10.6 Å². The molecule has 2 unspecified atom stereocenters. The van der Waals surface area contributed by atoms with Crippen molar-refractivity contribution in [3.05, 3.63) is 0 Å². The van der Waals surface area contributed by atoms with Crippen molar-refractivity contribution in [2.24, 2.45) is 5.92 Å². The Bertz CT molecular complexity index is 236. The smallest absolute Gasteiger partial charge is 0.220 e. The number of nitrogens with one attached hydrogen (secondary N) is 2. The number of carbonyl (C=O) groups is 1. The fourth-order valence-electron chi connectivity index (χ4n) is 2.30. The maximum Gasteiger partial charge on any atom is 0.220 e. The van der Waals surface area contributed by atoms with Gasteiger partial charge in [0, 0.05) is 13.0 Å². The van der Waals surface area contributed by atoms with E-state index < -0.39 is 0 Å². The van der Waals surface area contributed by atoms with E-state index in [4.69, 9.17) is 4.74 Å². The first kappa shape index (κ1) is 13.7. The van der Waals surface area contributed by atoms with Crippen LogP contribution in [0.15, 0.2) is 0 Å². The number of hydrogen-bond donors (Lipinski definition) is 2. The van der Waals surface area contributed by atoms with Gasteiger partial charge in [0.2, 0.25) is 5.91 Å². The van der Waals surface area contributed by atoms with Gasteiger partial charge in [-0.2, -0.15) is 0 Å². The van der Waals surface area contributed by atoms with E-state index in [1.54, 1.807) is 0 Å². The molecule has 0 bridgehead atoms. The summed E-state index contributed by atoms with van der Waals surface area (Å²) >= 11 is 0. The molecule has 0 aliphatic carbocycles. The van der Waals surface area contributed by atoms with Crippen LogP contribution in [0.3, 0.4) is 0 Å². The van der Waals surface area contributed by atoms with Gasteiger partial charge in [0.25, 0.3) is 0 Å². The fourth-order valence-corrected chi connectivity index (χ4v) is 2.30. The van der Waals surface area contributed by atoms with Gasteiger partial charge in [-0.15, -0.1) is 12.4 Å². The van der Waals surface area contributed by atoms with Gasteiger partial charge in [-0.3, -0.25) is 4.79 Å². The van der Waals surface area contributed by atoms with E-state index in [1.807, 2.05) is 0 Å². The molecule has 94 valence electrons. The van der Waals surface area contributed by atoms with Crippen LogP contribution in [0.1, 0.15) is 26.2 Å². The highest BCUT2D eigenvalue weighted by atomic mass is 35.5. The zero-order valence-electron chi connectivity index (χ0n) is 9.75. The summed E-state index contributed by atoms with van der Waals surface area (Å²) < 4.78 is 5.30. The third-order valence-electron chi connectivity index (χ3n) is 3.30. The maximum absolute atomic E-state index is 11.8. The predicted octanol–water partition coefficient (Wildman–Crippen LogP) is 0.703. The van der Waals surface area contributed by atoms with Gasteiger partial charge in [-0.25, -0.2) is 0 Å². The number of rotatable bonds is 3. The molecule has 2 fully saturated rings. The molecule has 0 aromatic heterocycles. The highest BCUT2D eigenvalue weighted by Crippen LogP contribution is 2.19. The SMILES string of the molecule is CC1(NC(=O)CC2CCNC2)CCOC1.Cl. The van der Waals surface area contributed by atoms with Crippen molar-refractivity contribution in [3.63, 3.8) is 0 Å². The summed E-state index contributed by atoms with van der Waals surface area (Å²) in [5, 5.41) is 6.37. The van der Waals surface area contributed by atoms with E-state index in [-0.39, 0.29) is 23.9 Å². The molecule has 16 heavy (non-hydrogen) atoms. The molecule has 2 aliphatic rings. The van der Waals surface area contributed by atoms with Gasteiger partial charge < -0.3 is 15.4 Å². The Balaban J connectivity index is 0.00000128. The van der Waals surface area contributed by atoms with Crippen LogP contribution in [-0.4, -0.2) is 37.7 Å². The van der Waals surface area contributed by atoms with Crippen molar-refractivity contribution in [3.8, 4) is 0 Å². The number of halogens is 1. The van der Waals surface area contributed by atoms with Gasteiger partial charge in [-0.05, 0) is 38.8 Å². The van der Waals surface area contributed by atoms with Crippen LogP contribution in [0.2, 0.25) is 0 Å². The van der Waals surface area contributed by atoms with Gasteiger partial charge >= 0.3 is 0 Å². The maximum atomic E-state index is 11.8. The zero-order valence-corrected chi connectivity index (χ0v) is 10.6. The molecule has 2 aliphatic heterocycles. The first-order valence-electron chi connectivity index (χ1n) is 5.77. The Kier molecular flexibility index (Phi) is 5.02. The second-order valence-corrected chi connectivity index (χ2v) is 4.97. The third kappa shape index (κ3) is 3.61. The topological polar surface area (TPSA) is 50.4 Å². The number of amides is 1. The Morgan fingerprint density at radius 1 is 1.62 bits per heavy atom. The highest BCUT2D eigenvalue weighted by Gasteiger charge is 2.31. The number of carbonyl (C=O) groups excluding carboxylic acids is 1. The molecule has 0 saturated carbocycles. The third-order valence-corrected chi connectivity index (χ3v) is 3.30. The molecule has 2 heterocycles. The molecule has 2 rings (SSSR count). The Morgan fingerprint density at radius 3 is 3.00 bits per heavy atom. The second-order valence-electron chi connectivity index (χ2n) is 4.97. The fraction of sp³-hybridized carbons (Fsp3) is 0.909. The Morgan fingerprint density at radius 2 is 2.44 bits per heavy atom. The molecule has 0 aromatic rings. The minimum absolute atomic E-state index is 0. The standard InChI is InChI=1S/C11H20N2O2.ClH/c1-11(3-5-15-8-11)13-10(14)6-9-2-4-12-7-9;/h9,12H,2-8H2,1H3,(H,13,14);1H. The molecule has 2 atom stereocenters. The summed E-state index contributed by atoms with van der Waals surface area (Å²) in [4.78, 5) is 11.8. The largest absolute Gasteiger partial charge is 0.379 e. The summed E-state index contributed by atoms with van der Waals surface area (Å²) in [6, 6.07) is 0. The van der Waals surface area contributed by atoms with E-state index in [0.717, 1.165) is 32.5 Å². The van der Waals surface area contributed by atoms with Crippen LogP contribution in [0, 0.1) is 5.92 Å². The quantitative estimate of drug-likeness (QED) is 0.773. The average Bonchev–Trinajstić information content (AvgIpc) is 2.76. The Hall–Kier alpha value is -0.320. The van der Waals surface area contributed by atoms with Crippen LogP contribution < -0.4 is 10.6 Å². The van der Waals surface area contributed by atoms with Crippen LogP contribution in [0.4, 0.5) is 0 Å². The normalized spacial score (nSPS) is 33.4. The van der Waals surface area contributed by atoms with Gasteiger partial charge in [0.15, 0.2) is 0 Å². The monoisotopic (exact) mass is 248 g/mol. The molecule has 5 heteroatoms. The lowest BCUT2D eigenvalue weighted by atomic mass is 9.99. The first-order valence-corrected chi connectivity index (χ1v) is 5.77. The lowest BCUT2D eigenvalue weighted by Crippen LogP contribution is -2.46. The zero-order chi connectivity index (χ0) is 10.7. The lowest BCUT2D eigenvalue weighted by Gasteiger charge is -2.24. The van der Waals surface area contributed by atoms with Crippen molar-refractivity contribution in [2.45, 2.75) is 31.7 Å². The summed E-state index contributed by atoms with van der Waals surface area (Å²) in [6.45, 7) is 5.52. The van der Waals surface area contributed by atoms with Crippen molar-refractivity contribution >= 4 is 18.3 Å². The predicted molar refractivity (Wildman–Crippen MR) is 64.8 cm³/mol. The van der Waals surface area contributed by atoms with Crippen molar-refractivity contribution in [1.29, 1.82) is 0 Å². The molecule has 0 radical (unpaired) electrons. The minimum Gasteiger partial charge on any atom is -0.379 e. The molecule has 1 amide bonds. The van der Waals surface area contributed by atoms with E-state index >= 15 is 0 Å². The molecular formula is C11H21ClN2O2. The summed E-state index contributed by atoms with van der Waals surface area (Å²) in [7, 11) is 0. The lowest BCUT2D eigenvalue weighted by molar-refractivity contribution is -0.123.